The number of aryl methyl sites for hydroxylation is 2. The Bertz CT molecular complexity index is 538. The van der Waals surface area contributed by atoms with E-state index in [2.05, 4.69) is 41.6 Å². The third-order valence-electron chi connectivity index (χ3n) is 3.83. The molecule has 3 rings (SSSR count). The van der Waals surface area contributed by atoms with E-state index in [4.69, 9.17) is 0 Å². The molecular weight excluding hydrogens is 222 g/mol. The van der Waals surface area contributed by atoms with E-state index in [0.29, 0.717) is 12.0 Å². The maximum Gasteiger partial charge on any atom is 0.148 e. The minimum atomic E-state index is 0.574. The van der Waals surface area contributed by atoms with E-state index < -0.39 is 0 Å². The van der Waals surface area contributed by atoms with Crippen LogP contribution in [0.2, 0.25) is 0 Å². The summed E-state index contributed by atoms with van der Waals surface area (Å²) >= 11 is 0. The van der Waals surface area contributed by atoms with Crippen molar-refractivity contribution in [3.63, 3.8) is 0 Å². The van der Waals surface area contributed by atoms with Gasteiger partial charge in [-0.15, -0.1) is 0 Å². The van der Waals surface area contributed by atoms with Crippen LogP contribution in [0.1, 0.15) is 29.9 Å². The third kappa shape index (κ3) is 2.13. The Balaban J connectivity index is 1.59. The van der Waals surface area contributed by atoms with Crippen LogP contribution in [0.15, 0.2) is 36.5 Å². The zero-order valence-electron chi connectivity index (χ0n) is 10.9. The van der Waals surface area contributed by atoms with Crippen LogP contribution in [0.3, 0.4) is 0 Å². The molecule has 3 heteroatoms. The van der Waals surface area contributed by atoms with Crippen LogP contribution in [0.5, 0.6) is 0 Å². The fraction of sp³-hybridized carbons (Fsp3) is 0.400. The van der Waals surface area contributed by atoms with Gasteiger partial charge in [0.25, 0.3) is 0 Å². The summed E-state index contributed by atoms with van der Waals surface area (Å²) < 4.78 is 1.83. The molecule has 1 fully saturated rings. The monoisotopic (exact) mass is 241 g/mol. The predicted molar refractivity (Wildman–Crippen MR) is 73.8 cm³/mol. The average molecular weight is 241 g/mol. The van der Waals surface area contributed by atoms with Crippen LogP contribution in [-0.2, 0) is 7.05 Å². The largest absolute Gasteiger partial charge is 0.366 e. The van der Waals surface area contributed by atoms with Gasteiger partial charge in [-0.1, -0.05) is 24.3 Å². The van der Waals surface area contributed by atoms with E-state index in [1.165, 1.54) is 24.0 Å². The highest BCUT2D eigenvalue weighted by atomic mass is 15.3. The highest BCUT2D eigenvalue weighted by molar-refractivity contribution is 5.37. The molecular formula is C15H19N3. The topological polar surface area (TPSA) is 29.9 Å². The summed E-state index contributed by atoms with van der Waals surface area (Å²) in [4.78, 5) is 0. The fourth-order valence-corrected chi connectivity index (χ4v) is 2.74. The van der Waals surface area contributed by atoms with Gasteiger partial charge < -0.3 is 5.32 Å². The van der Waals surface area contributed by atoms with Gasteiger partial charge in [-0.25, -0.2) is 0 Å². The van der Waals surface area contributed by atoms with Crippen LogP contribution < -0.4 is 5.32 Å². The summed E-state index contributed by atoms with van der Waals surface area (Å²) in [7, 11) is 1.95. The Hall–Kier alpha value is -1.77. The van der Waals surface area contributed by atoms with Gasteiger partial charge in [-0.2, -0.15) is 5.10 Å². The number of rotatable bonds is 3. The Labute approximate surface area is 108 Å². The molecule has 0 amide bonds. The highest BCUT2D eigenvalue weighted by Crippen LogP contribution is 2.39. The van der Waals surface area contributed by atoms with Crippen molar-refractivity contribution in [3.05, 3.63) is 47.7 Å². The average Bonchev–Trinajstić information content (AvgIpc) is 2.70. The molecule has 0 bridgehead atoms. The van der Waals surface area contributed by atoms with Crippen LogP contribution in [-0.4, -0.2) is 15.8 Å². The summed E-state index contributed by atoms with van der Waals surface area (Å²) in [6, 6.07) is 11.3. The molecule has 1 aromatic heterocycles. The lowest BCUT2D eigenvalue weighted by Crippen LogP contribution is -2.34. The first-order valence-electron chi connectivity index (χ1n) is 6.54. The minimum Gasteiger partial charge on any atom is -0.366 e. The molecule has 1 heterocycles. The van der Waals surface area contributed by atoms with E-state index in [1.807, 2.05) is 24.0 Å². The second kappa shape index (κ2) is 4.48. The lowest BCUT2D eigenvalue weighted by Gasteiger charge is -2.37. The zero-order chi connectivity index (χ0) is 12.5. The summed E-state index contributed by atoms with van der Waals surface area (Å²) in [5, 5.41) is 7.84. The van der Waals surface area contributed by atoms with Crippen molar-refractivity contribution in [2.24, 2.45) is 7.05 Å². The summed E-state index contributed by atoms with van der Waals surface area (Å²) in [6.45, 7) is 2.20. The summed E-state index contributed by atoms with van der Waals surface area (Å²) in [5.74, 6) is 1.71. The first-order chi connectivity index (χ1) is 8.72. The summed E-state index contributed by atoms with van der Waals surface area (Å²) in [5.41, 5.74) is 2.93. The number of anilines is 1. The number of benzene rings is 1. The number of nitrogens with one attached hydrogen (secondary N) is 1. The molecule has 1 saturated carbocycles. The van der Waals surface area contributed by atoms with Gasteiger partial charge in [0.2, 0.25) is 0 Å². The molecule has 0 unspecified atom stereocenters. The Kier molecular flexibility index (Phi) is 2.82. The molecule has 2 aromatic rings. The minimum absolute atomic E-state index is 0.574. The van der Waals surface area contributed by atoms with Crippen LogP contribution in [0.4, 0.5) is 5.82 Å². The first-order valence-corrected chi connectivity index (χ1v) is 6.54. The van der Waals surface area contributed by atoms with Gasteiger partial charge >= 0.3 is 0 Å². The van der Waals surface area contributed by atoms with Gasteiger partial charge in [0.15, 0.2) is 0 Å². The number of aromatic nitrogens is 2. The van der Waals surface area contributed by atoms with Crippen molar-refractivity contribution in [2.45, 2.75) is 31.7 Å². The fourth-order valence-electron chi connectivity index (χ4n) is 2.74. The molecule has 3 nitrogen and oxygen atoms in total. The molecule has 0 saturated heterocycles. The van der Waals surface area contributed by atoms with Crippen LogP contribution in [0, 0.1) is 6.92 Å². The van der Waals surface area contributed by atoms with Gasteiger partial charge in [-0.3, -0.25) is 4.68 Å². The molecule has 94 valence electrons. The lowest BCUT2D eigenvalue weighted by atomic mass is 9.74. The third-order valence-corrected chi connectivity index (χ3v) is 3.83. The smallest absolute Gasteiger partial charge is 0.148 e. The Morgan fingerprint density at radius 3 is 2.67 bits per heavy atom. The van der Waals surface area contributed by atoms with Crippen LogP contribution in [0.25, 0.3) is 0 Å². The molecule has 1 aromatic carbocycles. The second-order valence-electron chi connectivity index (χ2n) is 5.24. The molecule has 0 aliphatic heterocycles. The lowest BCUT2D eigenvalue weighted by molar-refractivity contribution is 0.372. The molecule has 1 aliphatic carbocycles. The predicted octanol–water partition coefficient (Wildman–Crippen LogP) is 3.09. The number of hydrogen-bond donors (Lipinski definition) is 1. The Morgan fingerprint density at radius 2 is 2.00 bits per heavy atom. The molecule has 1 aliphatic rings. The normalized spacial score (nSPS) is 22.6. The van der Waals surface area contributed by atoms with E-state index in [0.717, 1.165) is 5.82 Å². The summed E-state index contributed by atoms with van der Waals surface area (Å²) in [6.07, 6.45) is 4.39. The maximum atomic E-state index is 4.35. The second-order valence-corrected chi connectivity index (χ2v) is 5.24. The molecule has 0 spiro atoms. The van der Waals surface area contributed by atoms with Gasteiger partial charge in [-0.05, 0) is 36.8 Å². The Morgan fingerprint density at radius 1 is 1.22 bits per heavy atom. The molecule has 1 N–H and O–H groups in total. The van der Waals surface area contributed by atoms with E-state index in [1.54, 1.807) is 0 Å². The highest BCUT2D eigenvalue weighted by Gasteiger charge is 2.31. The van der Waals surface area contributed by atoms with E-state index in [9.17, 15) is 0 Å². The quantitative estimate of drug-likeness (QED) is 0.895. The van der Waals surface area contributed by atoms with Crippen molar-refractivity contribution in [1.82, 2.24) is 9.78 Å². The van der Waals surface area contributed by atoms with E-state index >= 15 is 0 Å². The standard InChI is InChI=1S/C15H19N3/c1-11-5-3-4-6-14(11)12-9-13(10-12)16-15-7-8-18(2)17-15/h3-8,12-13H,9-10H2,1-2H3,(H,16,17). The van der Waals surface area contributed by atoms with Crippen molar-refractivity contribution in [3.8, 4) is 0 Å². The van der Waals surface area contributed by atoms with Crippen molar-refractivity contribution >= 4 is 5.82 Å². The number of nitrogens with zero attached hydrogens (tertiary/aromatic N) is 2. The maximum absolute atomic E-state index is 4.35. The molecule has 0 radical (unpaired) electrons. The first kappa shape index (κ1) is 11.3. The van der Waals surface area contributed by atoms with Crippen molar-refractivity contribution < 1.29 is 0 Å². The van der Waals surface area contributed by atoms with Gasteiger partial charge in [0.1, 0.15) is 5.82 Å². The van der Waals surface area contributed by atoms with Gasteiger partial charge in [0, 0.05) is 25.4 Å². The van der Waals surface area contributed by atoms with E-state index in [-0.39, 0.29) is 0 Å². The van der Waals surface area contributed by atoms with Crippen LogP contribution >= 0.6 is 0 Å². The zero-order valence-corrected chi connectivity index (χ0v) is 10.9. The van der Waals surface area contributed by atoms with Crippen molar-refractivity contribution in [2.75, 3.05) is 5.32 Å². The SMILES string of the molecule is Cc1ccccc1C1CC(Nc2ccn(C)n2)C1. The van der Waals surface area contributed by atoms with Gasteiger partial charge in [0.05, 0.1) is 0 Å². The van der Waals surface area contributed by atoms with Crippen molar-refractivity contribution in [1.29, 1.82) is 0 Å². The number of hydrogen-bond acceptors (Lipinski definition) is 2. The molecule has 0 atom stereocenters. The molecule has 18 heavy (non-hydrogen) atoms.